The van der Waals surface area contributed by atoms with E-state index in [0.29, 0.717) is 16.8 Å². The van der Waals surface area contributed by atoms with Crippen LogP contribution in [-0.2, 0) is 16.1 Å². The van der Waals surface area contributed by atoms with E-state index >= 15 is 0 Å². The number of benzene rings is 3. The summed E-state index contributed by atoms with van der Waals surface area (Å²) in [6.07, 6.45) is 0. The van der Waals surface area contributed by atoms with E-state index in [9.17, 15) is 18.8 Å². The van der Waals surface area contributed by atoms with Gasteiger partial charge in [0, 0.05) is 16.8 Å². The van der Waals surface area contributed by atoms with E-state index in [1.165, 1.54) is 18.2 Å². The molecule has 152 valence electrons. The van der Waals surface area contributed by atoms with Crippen LogP contribution in [0, 0.1) is 5.82 Å². The Hall–Kier alpha value is -4.00. The van der Waals surface area contributed by atoms with Crippen LogP contribution in [0.3, 0.4) is 0 Å². The molecular formula is C23H19FN2O4. The highest BCUT2D eigenvalue weighted by Gasteiger charge is 2.10. The van der Waals surface area contributed by atoms with Gasteiger partial charge in [-0.05, 0) is 48.0 Å². The van der Waals surface area contributed by atoms with E-state index in [-0.39, 0.29) is 24.6 Å². The zero-order valence-electron chi connectivity index (χ0n) is 15.9. The summed E-state index contributed by atoms with van der Waals surface area (Å²) in [4.78, 5) is 35.9. The molecule has 0 aromatic heterocycles. The zero-order chi connectivity index (χ0) is 21.3. The van der Waals surface area contributed by atoms with Crippen molar-refractivity contribution in [3.63, 3.8) is 0 Å². The molecule has 0 aliphatic heterocycles. The Labute approximate surface area is 172 Å². The van der Waals surface area contributed by atoms with Crippen LogP contribution in [0.5, 0.6) is 0 Å². The van der Waals surface area contributed by atoms with Gasteiger partial charge in [0.05, 0.1) is 0 Å². The van der Waals surface area contributed by atoms with Crippen molar-refractivity contribution in [3.8, 4) is 0 Å². The normalized spacial score (nSPS) is 10.2. The molecule has 3 aromatic rings. The molecule has 0 atom stereocenters. The lowest BCUT2D eigenvalue weighted by molar-refractivity contribution is -0.143. The number of para-hydroxylation sites is 1. The molecule has 0 radical (unpaired) electrons. The van der Waals surface area contributed by atoms with Crippen LogP contribution in [-0.4, -0.2) is 24.3 Å². The zero-order valence-corrected chi connectivity index (χ0v) is 15.9. The molecule has 2 amide bonds. The van der Waals surface area contributed by atoms with Gasteiger partial charge in [-0.15, -0.1) is 0 Å². The molecule has 0 aliphatic rings. The summed E-state index contributed by atoms with van der Waals surface area (Å²) in [6, 6.07) is 20.9. The number of halogens is 1. The second-order valence-corrected chi connectivity index (χ2v) is 6.37. The lowest BCUT2D eigenvalue weighted by Gasteiger charge is -2.08. The smallest absolute Gasteiger partial charge is 0.325 e. The van der Waals surface area contributed by atoms with Crippen LogP contribution in [0.4, 0.5) is 10.1 Å². The highest BCUT2D eigenvalue weighted by molar-refractivity contribution is 6.04. The Morgan fingerprint density at radius 2 is 1.53 bits per heavy atom. The first-order chi connectivity index (χ1) is 14.5. The molecule has 3 aromatic carbocycles. The number of esters is 1. The Balaban J connectivity index is 1.44. The predicted molar refractivity (Wildman–Crippen MR) is 109 cm³/mol. The first-order valence-electron chi connectivity index (χ1n) is 9.16. The molecule has 0 aliphatic carbocycles. The number of hydrogen-bond donors (Lipinski definition) is 2. The quantitative estimate of drug-likeness (QED) is 0.588. The van der Waals surface area contributed by atoms with Gasteiger partial charge >= 0.3 is 5.97 Å². The molecule has 2 N–H and O–H groups in total. The van der Waals surface area contributed by atoms with Gasteiger partial charge in [-0.25, -0.2) is 4.39 Å². The van der Waals surface area contributed by atoms with Crippen LogP contribution in [0.15, 0.2) is 78.9 Å². The fraction of sp³-hybridized carbons (Fsp3) is 0.0870. The molecule has 0 saturated carbocycles. The Kier molecular flexibility index (Phi) is 6.89. The van der Waals surface area contributed by atoms with Crippen molar-refractivity contribution < 1.29 is 23.5 Å². The summed E-state index contributed by atoms with van der Waals surface area (Å²) in [5.74, 6) is -1.98. The lowest BCUT2D eigenvalue weighted by Crippen LogP contribution is -2.30. The maximum absolute atomic E-state index is 13.1. The van der Waals surface area contributed by atoms with Crippen molar-refractivity contribution in [2.24, 2.45) is 0 Å². The summed E-state index contributed by atoms with van der Waals surface area (Å²) < 4.78 is 18.2. The first kappa shape index (κ1) is 20.7. The van der Waals surface area contributed by atoms with Crippen LogP contribution in [0.25, 0.3) is 0 Å². The van der Waals surface area contributed by atoms with Gasteiger partial charge in [-0.3, -0.25) is 14.4 Å². The second kappa shape index (κ2) is 9.97. The number of carbonyl (C=O) groups excluding carboxylic acids is 3. The molecule has 7 heteroatoms. The second-order valence-electron chi connectivity index (χ2n) is 6.37. The number of amides is 2. The number of rotatable bonds is 7. The minimum atomic E-state index is -0.634. The Morgan fingerprint density at radius 3 is 2.23 bits per heavy atom. The third kappa shape index (κ3) is 6.00. The number of carbonyl (C=O) groups is 3. The molecule has 0 unspecified atom stereocenters. The van der Waals surface area contributed by atoms with Crippen molar-refractivity contribution in [2.45, 2.75) is 6.61 Å². The van der Waals surface area contributed by atoms with Gasteiger partial charge in [0.25, 0.3) is 11.8 Å². The first-order valence-corrected chi connectivity index (χ1v) is 9.16. The van der Waals surface area contributed by atoms with E-state index < -0.39 is 17.7 Å². The van der Waals surface area contributed by atoms with Crippen molar-refractivity contribution in [2.75, 3.05) is 11.9 Å². The Morgan fingerprint density at radius 1 is 0.800 bits per heavy atom. The standard InChI is InChI=1S/C23H19FN2O4/c24-19-6-4-5-18(13-19)22(28)25-14-21(27)30-15-16-9-11-17(12-10-16)23(29)26-20-7-2-1-3-8-20/h1-13H,14-15H2,(H,25,28)(H,26,29). The topological polar surface area (TPSA) is 84.5 Å². The molecule has 0 bridgehead atoms. The van der Waals surface area contributed by atoms with Crippen LogP contribution in [0.1, 0.15) is 26.3 Å². The van der Waals surface area contributed by atoms with Crippen LogP contribution >= 0.6 is 0 Å². The summed E-state index contributed by atoms with van der Waals surface area (Å²) in [5.41, 5.74) is 1.97. The van der Waals surface area contributed by atoms with E-state index in [0.717, 1.165) is 6.07 Å². The van der Waals surface area contributed by atoms with E-state index in [1.54, 1.807) is 36.4 Å². The fourth-order valence-electron chi connectivity index (χ4n) is 2.58. The minimum absolute atomic E-state index is 0.00471. The molecule has 0 fully saturated rings. The average Bonchev–Trinajstić information content (AvgIpc) is 2.77. The van der Waals surface area contributed by atoms with Gasteiger partial charge in [-0.2, -0.15) is 0 Å². The molecule has 6 nitrogen and oxygen atoms in total. The fourth-order valence-corrected chi connectivity index (χ4v) is 2.58. The highest BCUT2D eigenvalue weighted by atomic mass is 19.1. The third-order valence-corrected chi connectivity index (χ3v) is 4.13. The largest absolute Gasteiger partial charge is 0.460 e. The van der Waals surface area contributed by atoms with Crippen molar-refractivity contribution in [3.05, 3.63) is 101 Å². The van der Waals surface area contributed by atoms with Crippen LogP contribution in [0.2, 0.25) is 0 Å². The summed E-state index contributed by atoms with van der Waals surface area (Å²) in [7, 11) is 0. The van der Waals surface area contributed by atoms with Gasteiger partial charge in [0.15, 0.2) is 0 Å². The van der Waals surface area contributed by atoms with Gasteiger partial charge in [0.2, 0.25) is 0 Å². The summed E-state index contributed by atoms with van der Waals surface area (Å²) >= 11 is 0. The minimum Gasteiger partial charge on any atom is -0.460 e. The summed E-state index contributed by atoms with van der Waals surface area (Å²) in [6.45, 7) is -0.345. The van der Waals surface area contributed by atoms with E-state index in [2.05, 4.69) is 10.6 Å². The highest BCUT2D eigenvalue weighted by Crippen LogP contribution is 2.11. The van der Waals surface area contributed by atoms with Crippen LogP contribution < -0.4 is 10.6 Å². The summed E-state index contributed by atoms with van der Waals surface area (Å²) in [5, 5.41) is 5.16. The van der Waals surface area contributed by atoms with Crippen molar-refractivity contribution in [1.29, 1.82) is 0 Å². The molecule has 30 heavy (non-hydrogen) atoms. The third-order valence-electron chi connectivity index (χ3n) is 4.13. The lowest BCUT2D eigenvalue weighted by atomic mass is 10.1. The molecule has 0 saturated heterocycles. The molecule has 0 spiro atoms. The van der Waals surface area contributed by atoms with E-state index in [4.69, 9.17) is 4.74 Å². The van der Waals surface area contributed by atoms with E-state index in [1.807, 2.05) is 18.2 Å². The average molecular weight is 406 g/mol. The SMILES string of the molecule is O=C(CNC(=O)c1cccc(F)c1)OCc1ccc(C(=O)Nc2ccccc2)cc1. The number of ether oxygens (including phenoxy) is 1. The van der Waals surface area contributed by atoms with Crippen molar-refractivity contribution in [1.82, 2.24) is 5.32 Å². The monoisotopic (exact) mass is 406 g/mol. The number of nitrogens with one attached hydrogen (secondary N) is 2. The van der Waals surface area contributed by atoms with Gasteiger partial charge in [0.1, 0.15) is 19.0 Å². The maximum Gasteiger partial charge on any atom is 0.325 e. The molecule has 3 rings (SSSR count). The van der Waals surface area contributed by atoms with Gasteiger partial charge < -0.3 is 15.4 Å². The van der Waals surface area contributed by atoms with Crippen molar-refractivity contribution >= 4 is 23.5 Å². The molecular weight excluding hydrogens is 387 g/mol. The Bertz CT molecular complexity index is 1040. The van der Waals surface area contributed by atoms with Gasteiger partial charge in [-0.1, -0.05) is 36.4 Å². The number of anilines is 1. The molecule has 0 heterocycles. The number of hydrogen-bond acceptors (Lipinski definition) is 4. The maximum atomic E-state index is 13.1. The predicted octanol–water partition coefficient (Wildman–Crippen LogP) is 3.55.